The van der Waals surface area contributed by atoms with Gasteiger partial charge in [0.15, 0.2) is 0 Å². The zero-order valence-corrected chi connectivity index (χ0v) is 6.90. The Bertz CT molecular complexity index is 294. The van der Waals surface area contributed by atoms with Crippen LogP contribution in [-0.2, 0) is 7.05 Å². The van der Waals surface area contributed by atoms with Crippen LogP contribution in [0.3, 0.4) is 0 Å². The lowest BCUT2D eigenvalue weighted by molar-refractivity contribution is 0.0679. The average Bonchev–Trinajstić information content (AvgIpc) is 2.34. The van der Waals surface area contributed by atoms with Crippen molar-refractivity contribution < 1.29 is 9.90 Å². The highest BCUT2D eigenvalue weighted by Crippen LogP contribution is 2.03. The van der Waals surface area contributed by atoms with Crippen LogP contribution in [0.15, 0.2) is 0 Å². The Kier molecular flexibility index (Phi) is 2.27. The van der Waals surface area contributed by atoms with Gasteiger partial charge in [-0.1, -0.05) is 0 Å². The molecule has 0 radical (unpaired) electrons. The lowest BCUT2D eigenvalue weighted by Gasteiger charge is -2.00. The number of hydrogen-bond donors (Lipinski definition) is 2. The normalized spacial score (nSPS) is 9.83. The summed E-state index contributed by atoms with van der Waals surface area (Å²) >= 11 is 0. The highest BCUT2D eigenvalue weighted by atomic mass is 16.4. The second kappa shape index (κ2) is 3.21. The van der Waals surface area contributed by atoms with Crippen molar-refractivity contribution in [1.82, 2.24) is 14.8 Å². The zero-order valence-electron chi connectivity index (χ0n) is 6.90. The summed E-state index contributed by atoms with van der Waals surface area (Å²) in [7, 11) is 1.60. The maximum absolute atomic E-state index is 10.5. The van der Waals surface area contributed by atoms with Gasteiger partial charge in [0.2, 0.25) is 11.8 Å². The Morgan fingerprint density at radius 1 is 1.67 bits per heavy atom. The van der Waals surface area contributed by atoms with Crippen LogP contribution in [-0.4, -0.2) is 32.4 Å². The number of carboxylic acid groups (broad SMARTS) is 1. The van der Waals surface area contributed by atoms with E-state index in [0.29, 0.717) is 12.5 Å². The van der Waals surface area contributed by atoms with E-state index in [1.54, 1.807) is 7.05 Å². The molecule has 6 nitrogen and oxygen atoms in total. The summed E-state index contributed by atoms with van der Waals surface area (Å²) in [5.41, 5.74) is 0. The Balaban J connectivity index is 2.96. The molecule has 1 rings (SSSR count). The van der Waals surface area contributed by atoms with Gasteiger partial charge in [0.1, 0.15) is 0 Å². The molecule has 0 aliphatic carbocycles. The van der Waals surface area contributed by atoms with E-state index in [4.69, 9.17) is 5.11 Å². The quantitative estimate of drug-likeness (QED) is 0.664. The van der Waals surface area contributed by atoms with Crippen LogP contribution >= 0.6 is 0 Å². The summed E-state index contributed by atoms with van der Waals surface area (Å²) in [5, 5.41) is 18.6. The highest BCUT2D eigenvalue weighted by Gasteiger charge is 2.13. The molecule has 0 aromatic carbocycles. The van der Waals surface area contributed by atoms with Crippen molar-refractivity contribution in [2.75, 3.05) is 11.9 Å². The van der Waals surface area contributed by atoms with Crippen molar-refractivity contribution in [3.05, 3.63) is 5.82 Å². The van der Waals surface area contributed by atoms with E-state index in [1.165, 1.54) is 4.57 Å². The largest absolute Gasteiger partial charge is 0.475 e. The number of aromatic nitrogens is 3. The van der Waals surface area contributed by atoms with Crippen LogP contribution in [0.5, 0.6) is 0 Å². The molecule has 1 aromatic rings. The minimum atomic E-state index is -1.07. The lowest BCUT2D eigenvalue weighted by atomic mass is 10.6. The molecule has 0 saturated heterocycles. The van der Waals surface area contributed by atoms with Gasteiger partial charge in [-0.2, -0.15) is 0 Å². The molecule has 6 heteroatoms. The highest BCUT2D eigenvalue weighted by molar-refractivity contribution is 5.83. The van der Waals surface area contributed by atoms with Crippen molar-refractivity contribution in [2.24, 2.45) is 7.05 Å². The SMILES string of the molecule is CCNc1nnc(C(=O)O)n1C. The van der Waals surface area contributed by atoms with Crippen molar-refractivity contribution in [3.8, 4) is 0 Å². The van der Waals surface area contributed by atoms with Gasteiger partial charge >= 0.3 is 5.97 Å². The van der Waals surface area contributed by atoms with E-state index < -0.39 is 5.97 Å². The van der Waals surface area contributed by atoms with Crippen LogP contribution in [0, 0.1) is 0 Å². The molecular formula is C6H10N4O2. The molecular weight excluding hydrogens is 160 g/mol. The van der Waals surface area contributed by atoms with Gasteiger partial charge < -0.3 is 10.4 Å². The fraction of sp³-hybridized carbons (Fsp3) is 0.500. The van der Waals surface area contributed by atoms with Crippen LogP contribution in [0.1, 0.15) is 17.5 Å². The first kappa shape index (κ1) is 8.51. The molecule has 0 aliphatic rings. The number of anilines is 1. The second-order valence-corrected chi connectivity index (χ2v) is 2.24. The third-order valence-corrected chi connectivity index (χ3v) is 1.40. The summed E-state index contributed by atoms with van der Waals surface area (Å²) in [5.74, 6) is -0.671. The number of nitrogens with one attached hydrogen (secondary N) is 1. The monoisotopic (exact) mass is 170 g/mol. The number of nitrogens with zero attached hydrogens (tertiary/aromatic N) is 3. The first-order valence-corrected chi connectivity index (χ1v) is 3.53. The maximum Gasteiger partial charge on any atom is 0.374 e. The molecule has 0 unspecified atom stereocenters. The zero-order chi connectivity index (χ0) is 9.14. The minimum absolute atomic E-state index is 0.0639. The fourth-order valence-electron chi connectivity index (χ4n) is 0.827. The maximum atomic E-state index is 10.5. The molecule has 0 saturated carbocycles. The number of hydrogen-bond acceptors (Lipinski definition) is 4. The molecule has 0 amide bonds. The van der Waals surface area contributed by atoms with E-state index in [1.807, 2.05) is 6.92 Å². The third kappa shape index (κ3) is 1.36. The molecule has 2 N–H and O–H groups in total. The van der Waals surface area contributed by atoms with Crippen molar-refractivity contribution in [3.63, 3.8) is 0 Å². The predicted octanol–water partition coefficient (Wildman–Crippen LogP) is -0.0549. The van der Waals surface area contributed by atoms with E-state index in [2.05, 4.69) is 15.5 Å². The fourth-order valence-corrected chi connectivity index (χ4v) is 0.827. The predicted molar refractivity (Wildman–Crippen MR) is 42.1 cm³/mol. The number of aromatic carboxylic acids is 1. The van der Waals surface area contributed by atoms with Crippen molar-refractivity contribution >= 4 is 11.9 Å². The van der Waals surface area contributed by atoms with E-state index in [-0.39, 0.29) is 5.82 Å². The van der Waals surface area contributed by atoms with Gasteiger partial charge in [-0.25, -0.2) is 4.79 Å². The average molecular weight is 170 g/mol. The van der Waals surface area contributed by atoms with Gasteiger partial charge in [-0.3, -0.25) is 4.57 Å². The van der Waals surface area contributed by atoms with Crippen LogP contribution in [0.4, 0.5) is 5.95 Å². The summed E-state index contributed by atoms with van der Waals surface area (Å²) in [4.78, 5) is 10.5. The summed E-state index contributed by atoms with van der Waals surface area (Å²) in [6, 6.07) is 0. The van der Waals surface area contributed by atoms with Gasteiger partial charge in [0.05, 0.1) is 0 Å². The topological polar surface area (TPSA) is 80.0 Å². The lowest BCUT2D eigenvalue weighted by Crippen LogP contribution is -2.09. The second-order valence-electron chi connectivity index (χ2n) is 2.24. The molecule has 0 bridgehead atoms. The number of carbonyl (C=O) groups is 1. The molecule has 0 spiro atoms. The standard InChI is InChI=1S/C6H10N4O2/c1-3-7-6-9-8-4(5(11)12)10(6)2/h3H2,1-2H3,(H,7,9)(H,11,12). The molecule has 66 valence electrons. The smallest absolute Gasteiger partial charge is 0.374 e. The summed E-state index contributed by atoms with van der Waals surface area (Å²) < 4.78 is 1.39. The third-order valence-electron chi connectivity index (χ3n) is 1.40. The Morgan fingerprint density at radius 2 is 2.33 bits per heavy atom. The Morgan fingerprint density at radius 3 is 2.75 bits per heavy atom. The molecule has 0 aliphatic heterocycles. The first-order chi connectivity index (χ1) is 5.66. The molecule has 1 heterocycles. The summed E-state index contributed by atoms with van der Waals surface area (Å²) in [6.07, 6.45) is 0. The van der Waals surface area contributed by atoms with E-state index in [0.717, 1.165) is 0 Å². The van der Waals surface area contributed by atoms with Crippen molar-refractivity contribution in [1.29, 1.82) is 0 Å². The Hall–Kier alpha value is -1.59. The van der Waals surface area contributed by atoms with Crippen molar-refractivity contribution in [2.45, 2.75) is 6.92 Å². The molecule has 0 atom stereocenters. The number of carboxylic acids is 1. The Labute approximate surface area is 69.2 Å². The number of rotatable bonds is 3. The van der Waals surface area contributed by atoms with Crippen LogP contribution < -0.4 is 5.32 Å². The van der Waals surface area contributed by atoms with Gasteiger partial charge in [-0.05, 0) is 6.92 Å². The minimum Gasteiger partial charge on any atom is -0.475 e. The first-order valence-electron chi connectivity index (χ1n) is 3.53. The van der Waals surface area contributed by atoms with E-state index in [9.17, 15) is 4.79 Å². The van der Waals surface area contributed by atoms with E-state index >= 15 is 0 Å². The van der Waals surface area contributed by atoms with Gasteiger partial charge in [0.25, 0.3) is 0 Å². The van der Waals surface area contributed by atoms with Crippen LogP contribution in [0.2, 0.25) is 0 Å². The van der Waals surface area contributed by atoms with Gasteiger partial charge in [0, 0.05) is 13.6 Å². The molecule has 1 aromatic heterocycles. The molecule has 12 heavy (non-hydrogen) atoms. The van der Waals surface area contributed by atoms with Gasteiger partial charge in [-0.15, -0.1) is 10.2 Å². The summed E-state index contributed by atoms with van der Waals surface area (Å²) in [6.45, 7) is 2.58. The van der Waals surface area contributed by atoms with Crippen LogP contribution in [0.25, 0.3) is 0 Å². The molecule has 0 fully saturated rings.